The Morgan fingerprint density at radius 3 is 2.33 bits per heavy atom. The molecule has 1 aromatic carbocycles. The number of fused-ring (bicyclic) bond motifs is 3. The summed E-state index contributed by atoms with van der Waals surface area (Å²) in [5.74, 6) is 0. The van der Waals surface area contributed by atoms with Crippen molar-refractivity contribution in [3.63, 3.8) is 0 Å². The topological polar surface area (TPSA) is 8.81 Å². The molecule has 0 radical (unpaired) electrons. The number of hydrogen-bond acceptors (Lipinski definition) is 0. The average molecular weight is 457 g/mol. The average Bonchev–Trinajstić information content (AvgIpc) is 2.75. The van der Waals surface area contributed by atoms with Crippen LogP contribution < -0.4 is 38.5 Å². The standard InChI is InChI=1S/C19H27N3.2BrH/c1-15-19-17(16-9-6-7-10-18(16)20(19)2)11-13-21(15)12-8-14-22(3,4)5;;/h6-7,9-11,13H,8,12,14H2,1-5H3;2*1H/q+2;;/p-2. The summed E-state index contributed by atoms with van der Waals surface area (Å²) in [4.78, 5) is 0. The van der Waals surface area contributed by atoms with Crippen LogP contribution in [-0.4, -0.2) is 36.7 Å². The lowest BCUT2D eigenvalue weighted by atomic mass is 10.1. The smallest absolute Gasteiger partial charge is 0.202 e. The maximum atomic E-state index is 2.40. The molecule has 0 unspecified atom stereocenters. The quantitative estimate of drug-likeness (QED) is 0.293. The number of aryl methyl sites for hydroxylation is 3. The molecule has 0 spiro atoms. The highest BCUT2D eigenvalue weighted by Gasteiger charge is 2.18. The van der Waals surface area contributed by atoms with E-state index in [1.54, 1.807) is 0 Å². The third-order valence-electron chi connectivity index (χ3n) is 4.57. The van der Waals surface area contributed by atoms with E-state index in [4.69, 9.17) is 0 Å². The molecule has 0 saturated heterocycles. The van der Waals surface area contributed by atoms with Crippen LogP contribution in [0.25, 0.3) is 21.8 Å². The lowest BCUT2D eigenvalue weighted by molar-refractivity contribution is -0.873. The SMILES string of the molecule is Cc1c2c(cc[n+]1CCC[N+](C)(C)C)c1ccccc1n2C.[Br-].[Br-]. The molecule has 0 aliphatic rings. The molecule has 3 aromatic rings. The van der Waals surface area contributed by atoms with E-state index >= 15 is 0 Å². The molecule has 0 fully saturated rings. The van der Waals surface area contributed by atoms with Crippen molar-refractivity contribution < 1.29 is 43.0 Å². The van der Waals surface area contributed by atoms with Gasteiger partial charge < -0.3 is 43.0 Å². The summed E-state index contributed by atoms with van der Waals surface area (Å²) in [5, 5.41) is 2.71. The summed E-state index contributed by atoms with van der Waals surface area (Å²) in [6.07, 6.45) is 3.45. The molecule has 0 amide bonds. The van der Waals surface area contributed by atoms with Gasteiger partial charge in [-0.25, -0.2) is 4.57 Å². The van der Waals surface area contributed by atoms with Crippen LogP contribution in [0.4, 0.5) is 0 Å². The molecule has 2 aromatic heterocycles. The van der Waals surface area contributed by atoms with Crippen molar-refractivity contribution >= 4 is 21.8 Å². The van der Waals surface area contributed by atoms with Gasteiger partial charge in [-0.05, 0) is 6.07 Å². The summed E-state index contributed by atoms with van der Waals surface area (Å²) in [6, 6.07) is 10.9. The first-order valence-electron chi connectivity index (χ1n) is 8.05. The Balaban J connectivity index is 0.00000144. The van der Waals surface area contributed by atoms with E-state index < -0.39 is 0 Å². The maximum Gasteiger partial charge on any atom is 0.202 e. The number of benzene rings is 1. The molecule has 24 heavy (non-hydrogen) atoms. The van der Waals surface area contributed by atoms with E-state index in [1.165, 1.54) is 40.5 Å². The number of para-hydroxylation sites is 1. The van der Waals surface area contributed by atoms with E-state index in [1.807, 2.05) is 0 Å². The van der Waals surface area contributed by atoms with Crippen LogP contribution >= 0.6 is 0 Å². The highest BCUT2D eigenvalue weighted by atomic mass is 79.9. The molecule has 5 heteroatoms. The predicted octanol–water partition coefficient (Wildman–Crippen LogP) is -2.97. The minimum absolute atomic E-state index is 0. The fourth-order valence-corrected chi connectivity index (χ4v) is 3.40. The third kappa shape index (κ3) is 4.01. The Labute approximate surface area is 166 Å². The number of aromatic nitrogens is 2. The normalized spacial score (nSPS) is 11.4. The molecule has 3 rings (SSSR count). The van der Waals surface area contributed by atoms with E-state index in [0.29, 0.717) is 0 Å². The van der Waals surface area contributed by atoms with Crippen LogP contribution in [0.2, 0.25) is 0 Å². The Morgan fingerprint density at radius 1 is 1.00 bits per heavy atom. The number of pyridine rings is 1. The lowest BCUT2D eigenvalue weighted by Gasteiger charge is -2.23. The molecule has 132 valence electrons. The van der Waals surface area contributed by atoms with Crippen molar-refractivity contribution in [3.8, 4) is 0 Å². The third-order valence-corrected chi connectivity index (χ3v) is 4.57. The van der Waals surface area contributed by atoms with Crippen LogP contribution in [0.15, 0.2) is 36.5 Å². The van der Waals surface area contributed by atoms with Gasteiger partial charge in [-0.1, -0.05) is 18.2 Å². The molecular weight excluding hydrogens is 430 g/mol. The molecule has 0 atom stereocenters. The van der Waals surface area contributed by atoms with Crippen molar-refractivity contribution in [2.75, 3.05) is 27.7 Å². The maximum absolute atomic E-state index is 2.40. The van der Waals surface area contributed by atoms with Crippen LogP contribution in [-0.2, 0) is 13.6 Å². The van der Waals surface area contributed by atoms with E-state index in [0.717, 1.165) is 11.0 Å². The fourth-order valence-electron chi connectivity index (χ4n) is 3.40. The zero-order valence-corrected chi connectivity index (χ0v) is 18.4. The van der Waals surface area contributed by atoms with Gasteiger partial charge in [-0.15, -0.1) is 0 Å². The van der Waals surface area contributed by atoms with Gasteiger partial charge in [0.1, 0.15) is 5.52 Å². The zero-order valence-electron chi connectivity index (χ0n) is 15.2. The van der Waals surface area contributed by atoms with Gasteiger partial charge in [0.15, 0.2) is 12.7 Å². The summed E-state index contributed by atoms with van der Waals surface area (Å²) in [6.45, 7) is 4.52. The van der Waals surface area contributed by atoms with Crippen molar-refractivity contribution in [1.82, 2.24) is 4.57 Å². The summed E-state index contributed by atoms with van der Waals surface area (Å²) in [5.41, 5.74) is 4.02. The summed E-state index contributed by atoms with van der Waals surface area (Å²) in [7, 11) is 8.94. The number of rotatable bonds is 4. The van der Waals surface area contributed by atoms with E-state index in [-0.39, 0.29) is 34.0 Å². The van der Waals surface area contributed by atoms with Gasteiger partial charge in [-0.3, -0.25) is 0 Å². The van der Waals surface area contributed by atoms with Crippen LogP contribution in [0.1, 0.15) is 12.1 Å². The number of quaternary nitrogens is 1. The molecule has 0 saturated carbocycles. The first-order chi connectivity index (χ1) is 10.4. The van der Waals surface area contributed by atoms with Gasteiger partial charge in [-0.2, -0.15) is 0 Å². The second-order valence-corrected chi connectivity index (χ2v) is 7.30. The van der Waals surface area contributed by atoms with Crippen molar-refractivity contribution in [2.45, 2.75) is 19.9 Å². The predicted molar refractivity (Wildman–Crippen MR) is 92.9 cm³/mol. The summed E-state index contributed by atoms with van der Waals surface area (Å²) < 4.78 is 5.75. The van der Waals surface area contributed by atoms with E-state index in [9.17, 15) is 0 Å². The summed E-state index contributed by atoms with van der Waals surface area (Å²) >= 11 is 0. The molecule has 0 aliphatic heterocycles. The van der Waals surface area contributed by atoms with Crippen LogP contribution in [0.3, 0.4) is 0 Å². The van der Waals surface area contributed by atoms with Crippen molar-refractivity contribution in [1.29, 1.82) is 0 Å². The fraction of sp³-hybridized carbons (Fsp3) is 0.421. The second-order valence-electron chi connectivity index (χ2n) is 7.30. The van der Waals surface area contributed by atoms with Crippen LogP contribution in [0.5, 0.6) is 0 Å². The molecule has 0 aliphatic carbocycles. The minimum Gasteiger partial charge on any atom is -1.00 e. The number of hydrogen-bond donors (Lipinski definition) is 0. The van der Waals surface area contributed by atoms with Gasteiger partial charge in [0.05, 0.1) is 34.1 Å². The first kappa shape index (κ1) is 21.1. The Hall–Kier alpha value is -0.910. The zero-order chi connectivity index (χ0) is 15.9. The largest absolute Gasteiger partial charge is 1.00 e. The minimum atomic E-state index is 0. The molecule has 0 bridgehead atoms. The van der Waals surface area contributed by atoms with Gasteiger partial charge >= 0.3 is 0 Å². The first-order valence-corrected chi connectivity index (χ1v) is 8.05. The second kappa shape index (κ2) is 7.98. The highest BCUT2D eigenvalue weighted by Crippen LogP contribution is 2.28. The number of nitrogens with zero attached hydrogens (tertiary/aromatic N) is 3. The van der Waals surface area contributed by atoms with Crippen molar-refractivity contribution in [2.24, 2.45) is 7.05 Å². The Bertz CT molecular complexity index is 832. The van der Waals surface area contributed by atoms with E-state index in [2.05, 4.69) is 80.8 Å². The Kier molecular flexibility index (Phi) is 7.03. The monoisotopic (exact) mass is 455 g/mol. The number of halogens is 2. The molecule has 0 N–H and O–H groups in total. The molecular formula is C19H27Br2N3. The van der Waals surface area contributed by atoms with Gasteiger partial charge in [0, 0.05) is 36.3 Å². The van der Waals surface area contributed by atoms with Gasteiger partial charge in [0.2, 0.25) is 5.69 Å². The van der Waals surface area contributed by atoms with Crippen molar-refractivity contribution in [3.05, 3.63) is 42.2 Å². The van der Waals surface area contributed by atoms with Gasteiger partial charge in [0.25, 0.3) is 0 Å². The highest BCUT2D eigenvalue weighted by molar-refractivity contribution is 6.08. The Morgan fingerprint density at radius 2 is 1.67 bits per heavy atom. The molecule has 2 heterocycles. The van der Waals surface area contributed by atoms with Crippen LogP contribution in [0, 0.1) is 6.92 Å². The lowest BCUT2D eigenvalue weighted by Crippen LogP contribution is -3.00. The molecule has 3 nitrogen and oxygen atoms in total.